The molecule has 0 aliphatic rings. The smallest absolute Gasteiger partial charge is 0.328 e. The van der Waals surface area contributed by atoms with Crippen LogP contribution in [0.5, 0.6) is 5.75 Å². The molecule has 7 heteroatoms. The van der Waals surface area contributed by atoms with Gasteiger partial charge in [-0.25, -0.2) is 4.79 Å². The molecule has 0 aliphatic carbocycles. The number of hydrogen-bond acceptors (Lipinski definition) is 4. The number of aromatic amines is 1. The van der Waals surface area contributed by atoms with Crippen molar-refractivity contribution in [2.24, 2.45) is 0 Å². The number of fused-ring (bicyclic) bond motifs is 1. The molecule has 7 nitrogen and oxygen atoms in total. The Morgan fingerprint density at radius 3 is 2.49 bits per heavy atom. The third kappa shape index (κ3) is 6.52. The maximum atomic E-state index is 10.9. The predicted octanol–water partition coefficient (Wildman–Crippen LogP) is 6.27. The Bertz CT molecular complexity index is 1460. The Hall–Kier alpha value is -4.65. The van der Waals surface area contributed by atoms with Gasteiger partial charge in [0.05, 0.1) is 18.3 Å². The fourth-order valence-corrected chi connectivity index (χ4v) is 4.25. The molecular weight excluding hydrogens is 468 g/mol. The monoisotopic (exact) mass is 496 g/mol. The number of benzene rings is 3. The van der Waals surface area contributed by atoms with E-state index in [-0.39, 0.29) is 6.42 Å². The molecule has 4 aromatic rings. The van der Waals surface area contributed by atoms with Crippen molar-refractivity contribution in [1.29, 1.82) is 0 Å². The van der Waals surface area contributed by atoms with E-state index >= 15 is 0 Å². The molecule has 37 heavy (non-hydrogen) atoms. The first-order valence-corrected chi connectivity index (χ1v) is 12.1. The molecule has 3 N–H and O–H groups in total. The highest BCUT2D eigenvalue weighted by atomic mass is 16.5. The van der Waals surface area contributed by atoms with E-state index in [1.165, 1.54) is 0 Å². The van der Waals surface area contributed by atoms with Crippen LogP contribution in [0.4, 0.5) is 0 Å². The molecule has 0 saturated heterocycles. The van der Waals surface area contributed by atoms with Gasteiger partial charge in [0.15, 0.2) is 0 Å². The summed E-state index contributed by atoms with van der Waals surface area (Å²) in [6.07, 6.45) is 5.75. The first-order chi connectivity index (χ1) is 17.9. The topological polar surface area (TPSA) is 113 Å². The van der Waals surface area contributed by atoms with E-state index in [4.69, 9.17) is 14.9 Å². The first kappa shape index (κ1) is 25.4. The molecule has 4 rings (SSSR count). The highest BCUT2D eigenvalue weighted by Crippen LogP contribution is 2.36. The van der Waals surface area contributed by atoms with Crippen LogP contribution in [0, 0.1) is 0 Å². The largest absolute Gasteiger partial charge is 0.494 e. The minimum atomic E-state index is -0.989. The molecule has 3 aromatic carbocycles. The van der Waals surface area contributed by atoms with Gasteiger partial charge in [0.2, 0.25) is 0 Å². The zero-order valence-corrected chi connectivity index (χ0v) is 20.5. The minimum Gasteiger partial charge on any atom is -0.494 e. The van der Waals surface area contributed by atoms with Gasteiger partial charge < -0.3 is 14.9 Å². The number of ether oxygens (including phenoxy) is 1. The van der Waals surface area contributed by atoms with Gasteiger partial charge in [0, 0.05) is 17.9 Å². The van der Waals surface area contributed by atoms with Crippen molar-refractivity contribution in [2.45, 2.75) is 26.2 Å². The number of rotatable bonds is 11. The quantitative estimate of drug-likeness (QED) is 0.128. The summed E-state index contributed by atoms with van der Waals surface area (Å²) in [6, 6.07) is 21.8. The van der Waals surface area contributed by atoms with E-state index in [9.17, 15) is 9.59 Å². The van der Waals surface area contributed by atoms with Gasteiger partial charge in [0.25, 0.3) is 0 Å². The summed E-state index contributed by atoms with van der Waals surface area (Å²) in [5.74, 6) is -1.14. The second-order valence-electron chi connectivity index (χ2n) is 8.55. The SMILES string of the molecule is CC/C(=C(/c1ccc(/C=C/C(=O)O)cc1)c1ccc2[nH]ncc2c1)c1cccc(OCCCC(=O)O)c1. The van der Waals surface area contributed by atoms with Crippen molar-refractivity contribution in [3.8, 4) is 5.75 Å². The number of nitrogens with zero attached hydrogens (tertiary/aromatic N) is 1. The van der Waals surface area contributed by atoms with Crippen LogP contribution in [-0.4, -0.2) is 39.0 Å². The first-order valence-electron chi connectivity index (χ1n) is 12.1. The van der Waals surface area contributed by atoms with Gasteiger partial charge in [-0.1, -0.05) is 49.4 Å². The number of allylic oxidation sites excluding steroid dienone is 1. The summed E-state index contributed by atoms with van der Waals surface area (Å²) in [4.78, 5) is 21.7. The number of nitrogens with one attached hydrogen (secondary N) is 1. The summed E-state index contributed by atoms with van der Waals surface area (Å²) in [5, 5.41) is 26.0. The normalized spacial score (nSPS) is 12.0. The Balaban J connectivity index is 1.78. The van der Waals surface area contributed by atoms with E-state index in [1.54, 1.807) is 12.3 Å². The lowest BCUT2D eigenvalue weighted by molar-refractivity contribution is -0.137. The molecule has 0 fully saturated rings. The highest BCUT2D eigenvalue weighted by molar-refractivity contribution is 6.00. The molecule has 188 valence electrons. The molecule has 0 radical (unpaired) electrons. The average molecular weight is 497 g/mol. The fraction of sp³-hybridized carbons (Fsp3) is 0.167. The van der Waals surface area contributed by atoms with Crippen molar-refractivity contribution in [1.82, 2.24) is 10.2 Å². The van der Waals surface area contributed by atoms with Gasteiger partial charge in [-0.3, -0.25) is 9.89 Å². The Kier molecular flexibility index (Phi) is 8.15. The number of carbonyl (C=O) groups is 2. The van der Waals surface area contributed by atoms with E-state index < -0.39 is 11.9 Å². The molecule has 0 atom stereocenters. The zero-order chi connectivity index (χ0) is 26.2. The summed E-state index contributed by atoms with van der Waals surface area (Å²) in [6.45, 7) is 2.44. The average Bonchev–Trinajstić information content (AvgIpc) is 3.37. The number of hydrogen-bond donors (Lipinski definition) is 3. The zero-order valence-electron chi connectivity index (χ0n) is 20.5. The Morgan fingerprint density at radius 1 is 0.973 bits per heavy atom. The number of carboxylic acids is 2. The number of H-pyrrole nitrogens is 1. The lowest BCUT2D eigenvalue weighted by Gasteiger charge is -2.17. The number of carboxylic acid groups (broad SMARTS) is 2. The van der Waals surface area contributed by atoms with Crippen LogP contribution in [0.15, 0.2) is 79.0 Å². The summed E-state index contributed by atoms with van der Waals surface area (Å²) in [5.41, 5.74) is 6.97. The fourth-order valence-electron chi connectivity index (χ4n) is 4.25. The Labute approximate surface area is 214 Å². The molecule has 0 amide bonds. The molecule has 0 saturated carbocycles. The van der Waals surface area contributed by atoms with Gasteiger partial charge in [-0.15, -0.1) is 0 Å². The van der Waals surface area contributed by atoms with Crippen LogP contribution in [-0.2, 0) is 9.59 Å². The van der Waals surface area contributed by atoms with Crippen molar-refractivity contribution in [2.75, 3.05) is 6.61 Å². The van der Waals surface area contributed by atoms with Crippen LogP contribution in [0.1, 0.15) is 48.4 Å². The van der Waals surface area contributed by atoms with Crippen molar-refractivity contribution < 1.29 is 24.5 Å². The second-order valence-corrected chi connectivity index (χ2v) is 8.55. The standard InChI is InChI=1S/C30H28N2O5/c1-2-26(22-5-3-6-25(18-22)37-16-4-7-28(33)34)30(23-13-14-27-24(17-23)19-31-32-27)21-11-8-20(9-12-21)10-15-29(35)36/h3,5-6,8-15,17-19H,2,4,7,16H2,1H3,(H,31,32)(H,33,34)(H,35,36)/b15-10+,30-26+. The highest BCUT2D eigenvalue weighted by Gasteiger charge is 2.15. The van der Waals surface area contributed by atoms with Crippen LogP contribution in [0.3, 0.4) is 0 Å². The van der Waals surface area contributed by atoms with Gasteiger partial charge in [0.1, 0.15) is 5.75 Å². The van der Waals surface area contributed by atoms with Crippen LogP contribution in [0.2, 0.25) is 0 Å². The molecule has 0 unspecified atom stereocenters. The van der Waals surface area contributed by atoms with Crippen molar-refractivity contribution >= 4 is 40.1 Å². The van der Waals surface area contributed by atoms with Gasteiger partial charge >= 0.3 is 11.9 Å². The maximum absolute atomic E-state index is 10.9. The van der Waals surface area contributed by atoms with Crippen LogP contribution in [0.25, 0.3) is 28.1 Å². The van der Waals surface area contributed by atoms with Gasteiger partial charge in [-0.2, -0.15) is 5.10 Å². The van der Waals surface area contributed by atoms with E-state index in [1.807, 2.05) is 54.6 Å². The third-order valence-corrected chi connectivity index (χ3v) is 5.99. The van der Waals surface area contributed by atoms with Crippen molar-refractivity contribution in [3.05, 3.63) is 101 Å². The number of aliphatic carboxylic acids is 2. The summed E-state index contributed by atoms with van der Waals surface area (Å²) in [7, 11) is 0. The van der Waals surface area contributed by atoms with Crippen LogP contribution < -0.4 is 4.74 Å². The van der Waals surface area contributed by atoms with Crippen molar-refractivity contribution in [3.63, 3.8) is 0 Å². The molecule has 0 spiro atoms. The lowest BCUT2D eigenvalue weighted by atomic mass is 9.87. The molecule has 1 aromatic heterocycles. The molecular formula is C30H28N2O5. The minimum absolute atomic E-state index is 0.0675. The van der Waals surface area contributed by atoms with E-state index in [0.717, 1.165) is 56.8 Å². The number of aromatic nitrogens is 2. The second kappa shape index (κ2) is 11.9. The summed E-state index contributed by atoms with van der Waals surface area (Å²) >= 11 is 0. The molecule has 0 aliphatic heterocycles. The molecule has 1 heterocycles. The van der Waals surface area contributed by atoms with Gasteiger partial charge in [-0.05, 0) is 76.6 Å². The molecule has 0 bridgehead atoms. The predicted molar refractivity (Wildman–Crippen MR) is 144 cm³/mol. The van der Waals surface area contributed by atoms with Crippen LogP contribution >= 0.6 is 0 Å². The lowest BCUT2D eigenvalue weighted by Crippen LogP contribution is -2.02. The summed E-state index contributed by atoms with van der Waals surface area (Å²) < 4.78 is 5.84. The Morgan fingerprint density at radius 2 is 1.76 bits per heavy atom. The third-order valence-electron chi connectivity index (χ3n) is 5.99. The maximum Gasteiger partial charge on any atom is 0.328 e. The van der Waals surface area contributed by atoms with E-state index in [2.05, 4.69) is 29.3 Å². The van der Waals surface area contributed by atoms with E-state index in [0.29, 0.717) is 18.8 Å².